The predicted molar refractivity (Wildman–Crippen MR) is 155 cm³/mol. The van der Waals surface area contributed by atoms with Crippen LogP contribution in [0.15, 0.2) is 12.2 Å². The van der Waals surface area contributed by atoms with Gasteiger partial charge in [-0.1, -0.05) is 80.3 Å². The van der Waals surface area contributed by atoms with E-state index in [0.717, 1.165) is 0 Å². The van der Waals surface area contributed by atoms with Crippen LogP contribution < -0.4 is 0 Å². The zero-order chi connectivity index (χ0) is 19.4. The van der Waals surface area contributed by atoms with Crippen molar-refractivity contribution in [3.8, 4) is 0 Å². The number of aliphatic hydroxyl groups excluding tert-OH is 1. The number of carbonyl (C=O) groups excluding carboxylic acids is 3. The van der Waals surface area contributed by atoms with Gasteiger partial charge in [-0.15, -0.1) is 0 Å². The molecule has 0 heterocycles. The third-order valence-corrected chi connectivity index (χ3v) is 3.76. The Morgan fingerprint density at radius 1 is 0.882 bits per heavy atom. The monoisotopic (exact) mass is 501 g/mol. The van der Waals surface area contributed by atoms with E-state index in [1.54, 1.807) is 13.8 Å². The van der Waals surface area contributed by atoms with Crippen molar-refractivity contribution < 1.29 is 29.0 Å². The minimum Gasteiger partial charge on any atom is -0.463 e. The summed E-state index contributed by atoms with van der Waals surface area (Å²) in [7, 11) is 0. The van der Waals surface area contributed by atoms with Crippen molar-refractivity contribution in [2.24, 2.45) is 5.92 Å². The largest absolute Gasteiger partial charge is 0.463 e. The fourth-order valence-electron chi connectivity index (χ4n) is 2.53. The molecule has 0 radical (unpaired) electrons. The number of carbonyl (C=O) groups is 3. The molecule has 1 N–H and O–H groups in total. The van der Waals surface area contributed by atoms with Gasteiger partial charge in [-0.05, 0) is 52.4 Å². The Bertz CT molecular complexity index is 460. The first-order valence-electron chi connectivity index (χ1n) is 8.85. The number of hydrogen-bond donors (Lipinski definition) is 1. The lowest BCUT2D eigenvalue weighted by atomic mass is 9.90. The Morgan fingerprint density at radius 3 is 1.74 bits per heavy atom. The van der Waals surface area contributed by atoms with Crippen LogP contribution in [0.5, 0.6) is 0 Å². The molecule has 0 aromatic rings. The summed E-state index contributed by atoms with van der Waals surface area (Å²) in [5.74, 6) is -0.780. The van der Waals surface area contributed by atoms with Gasteiger partial charge >= 0.3 is 11.9 Å². The van der Waals surface area contributed by atoms with Gasteiger partial charge in [0.2, 0.25) is 0 Å². The molecular weight excluding hydrogens is 432 g/mol. The molecule has 0 bridgehead atoms. The number of ketones is 1. The highest BCUT2D eigenvalue weighted by molar-refractivity contribution is 5.86. The third kappa shape index (κ3) is 34.9. The fourth-order valence-corrected chi connectivity index (χ4v) is 2.53. The molecule has 0 aliphatic heterocycles. The van der Waals surface area contributed by atoms with Gasteiger partial charge in [-0.25, -0.2) is 4.79 Å². The van der Waals surface area contributed by atoms with Crippen LogP contribution >= 0.6 is 0 Å². The van der Waals surface area contributed by atoms with Crippen LogP contribution in [0.25, 0.3) is 0 Å². The van der Waals surface area contributed by atoms with Crippen molar-refractivity contribution in [1.29, 1.82) is 0 Å². The van der Waals surface area contributed by atoms with E-state index >= 15 is 0 Å². The lowest BCUT2D eigenvalue weighted by molar-refractivity contribution is -0.150. The first kappa shape index (κ1) is 63.6. The first-order valence-corrected chi connectivity index (χ1v) is 8.85. The zero-order valence-electron chi connectivity index (χ0n) is 15.9. The van der Waals surface area contributed by atoms with Gasteiger partial charge in [0, 0.05) is 18.4 Å². The quantitative estimate of drug-likeness (QED) is 0.154. The standard InChI is InChI=1S/C19H32O6.9CH4/c1-6-17(21)12-16(10-14(4)20)11-15(5)25-18(22)8-7-9-24-19(23)13(2)3;;;;;;;;;/h15-17,21H,2,6-12H2,1,3-5H3;9*1H4. The highest BCUT2D eigenvalue weighted by Crippen LogP contribution is 2.21. The second-order valence-electron chi connectivity index (χ2n) is 6.63. The van der Waals surface area contributed by atoms with Crippen LogP contribution in [-0.4, -0.2) is 41.6 Å². The van der Waals surface area contributed by atoms with Crippen LogP contribution in [-0.2, 0) is 23.9 Å². The molecule has 0 saturated carbocycles. The second kappa shape index (κ2) is 35.9. The average Bonchev–Trinajstić information content (AvgIpc) is 2.49. The van der Waals surface area contributed by atoms with Crippen molar-refractivity contribution in [3.05, 3.63) is 12.2 Å². The molecule has 34 heavy (non-hydrogen) atoms. The third-order valence-electron chi connectivity index (χ3n) is 3.76. The highest BCUT2D eigenvalue weighted by Gasteiger charge is 2.20. The van der Waals surface area contributed by atoms with E-state index in [2.05, 4.69) is 6.58 Å². The van der Waals surface area contributed by atoms with Gasteiger partial charge in [0.1, 0.15) is 5.78 Å². The van der Waals surface area contributed by atoms with Crippen LogP contribution in [0.3, 0.4) is 0 Å². The molecule has 3 atom stereocenters. The summed E-state index contributed by atoms with van der Waals surface area (Å²) in [6, 6.07) is 0. The van der Waals surface area contributed by atoms with E-state index in [1.165, 1.54) is 6.92 Å². The molecule has 6 nitrogen and oxygen atoms in total. The van der Waals surface area contributed by atoms with Crippen molar-refractivity contribution in [1.82, 2.24) is 0 Å². The maximum Gasteiger partial charge on any atom is 0.333 e. The molecule has 0 aromatic carbocycles. The summed E-state index contributed by atoms with van der Waals surface area (Å²) in [6.45, 7) is 10.4. The number of ether oxygens (including phenoxy) is 2. The van der Waals surface area contributed by atoms with Crippen molar-refractivity contribution in [3.63, 3.8) is 0 Å². The highest BCUT2D eigenvalue weighted by atomic mass is 16.5. The molecule has 216 valence electrons. The number of aliphatic hydroxyl groups is 1. The van der Waals surface area contributed by atoms with Crippen molar-refractivity contribution in [2.45, 2.75) is 145 Å². The molecular formula is C28H68O6. The van der Waals surface area contributed by atoms with Crippen molar-refractivity contribution in [2.75, 3.05) is 6.61 Å². The molecule has 0 saturated heterocycles. The number of rotatable bonds is 13. The van der Waals surface area contributed by atoms with E-state index in [-0.39, 0.29) is 104 Å². The van der Waals surface area contributed by atoms with E-state index in [0.29, 0.717) is 37.7 Å². The summed E-state index contributed by atoms with van der Waals surface area (Å²) in [4.78, 5) is 34.4. The van der Waals surface area contributed by atoms with Crippen LogP contribution in [0.2, 0.25) is 0 Å². The number of hydrogen-bond acceptors (Lipinski definition) is 6. The SMILES string of the molecule is C.C.C.C.C.C.C.C.C.C=C(C)C(=O)OCCCC(=O)OC(C)CC(CC(C)=O)CC(O)CC. The van der Waals surface area contributed by atoms with E-state index < -0.39 is 12.1 Å². The number of Topliss-reactive ketones (excluding diaryl/α,β-unsaturated/α-hetero) is 1. The smallest absolute Gasteiger partial charge is 0.333 e. The van der Waals surface area contributed by atoms with Crippen LogP contribution in [0.4, 0.5) is 0 Å². The maximum atomic E-state index is 11.8. The van der Waals surface area contributed by atoms with E-state index in [4.69, 9.17) is 9.47 Å². The van der Waals surface area contributed by atoms with Gasteiger partial charge in [0.05, 0.1) is 18.8 Å². The Morgan fingerprint density at radius 2 is 1.35 bits per heavy atom. The maximum absolute atomic E-state index is 11.8. The topological polar surface area (TPSA) is 89.9 Å². The minimum atomic E-state index is -0.469. The summed E-state index contributed by atoms with van der Waals surface area (Å²) in [5.41, 5.74) is 0.321. The summed E-state index contributed by atoms with van der Waals surface area (Å²) >= 11 is 0. The molecule has 0 amide bonds. The fraction of sp³-hybridized carbons (Fsp3) is 0.821. The Balaban J connectivity index is -0.0000000800. The zero-order valence-corrected chi connectivity index (χ0v) is 15.9. The molecule has 3 unspecified atom stereocenters. The second-order valence-corrected chi connectivity index (χ2v) is 6.63. The van der Waals surface area contributed by atoms with E-state index in [9.17, 15) is 19.5 Å². The molecule has 0 aliphatic carbocycles. The molecule has 0 rings (SSSR count). The lowest BCUT2D eigenvalue weighted by Gasteiger charge is -2.22. The van der Waals surface area contributed by atoms with Gasteiger partial charge in [-0.2, -0.15) is 0 Å². The van der Waals surface area contributed by atoms with Crippen molar-refractivity contribution >= 4 is 17.7 Å². The molecule has 0 aromatic heterocycles. The minimum absolute atomic E-state index is 0. The first-order chi connectivity index (χ1) is 11.6. The van der Waals surface area contributed by atoms with Gasteiger partial charge in [-0.3, -0.25) is 4.79 Å². The molecule has 0 spiro atoms. The Kier molecular flexibility index (Phi) is 67.2. The molecule has 0 fully saturated rings. The predicted octanol–water partition coefficient (Wildman–Crippen LogP) is 8.69. The number of esters is 2. The van der Waals surface area contributed by atoms with Gasteiger partial charge in [0.15, 0.2) is 0 Å². The van der Waals surface area contributed by atoms with E-state index in [1.807, 2.05) is 6.92 Å². The summed E-state index contributed by atoms with van der Waals surface area (Å²) in [6.07, 6.45) is 1.82. The summed E-state index contributed by atoms with van der Waals surface area (Å²) in [5, 5.41) is 9.80. The average molecular weight is 501 g/mol. The summed E-state index contributed by atoms with van der Waals surface area (Å²) < 4.78 is 10.3. The Labute approximate surface area is 216 Å². The normalized spacial score (nSPS) is 10.5. The van der Waals surface area contributed by atoms with Gasteiger partial charge < -0.3 is 19.4 Å². The van der Waals surface area contributed by atoms with Crippen LogP contribution in [0, 0.1) is 5.92 Å². The molecule has 6 heteroatoms. The Hall–Kier alpha value is -1.69. The van der Waals surface area contributed by atoms with Crippen LogP contribution in [0.1, 0.15) is 133 Å². The lowest BCUT2D eigenvalue weighted by Crippen LogP contribution is -2.23. The molecule has 0 aliphatic rings. The van der Waals surface area contributed by atoms with Gasteiger partial charge in [0.25, 0.3) is 0 Å².